The summed E-state index contributed by atoms with van der Waals surface area (Å²) in [6.45, 7) is 3.72. The fourth-order valence-corrected chi connectivity index (χ4v) is 2.91. The molecule has 2 nitrogen and oxygen atoms in total. The zero-order valence-corrected chi connectivity index (χ0v) is 8.37. The van der Waals surface area contributed by atoms with Gasteiger partial charge in [0.05, 0.1) is 0 Å². The molecule has 14 heavy (non-hydrogen) atoms. The summed E-state index contributed by atoms with van der Waals surface area (Å²) in [6.07, 6.45) is 5.73. The first-order valence-corrected chi connectivity index (χ1v) is 5.39. The highest BCUT2D eigenvalue weighted by atomic mass is 16.1. The van der Waals surface area contributed by atoms with Crippen LogP contribution in [-0.2, 0) is 9.59 Å². The molecule has 2 fully saturated rings. The highest BCUT2D eigenvalue weighted by Crippen LogP contribution is 2.41. The molecule has 0 saturated heterocycles. The van der Waals surface area contributed by atoms with Gasteiger partial charge in [-0.2, -0.15) is 0 Å². The largest absolute Gasteiger partial charge is 0.300 e. The number of carbonyl (C=O) groups excluding carboxylic acids is 2. The number of fused-ring (bicyclic) bond motifs is 1. The van der Waals surface area contributed by atoms with Crippen molar-refractivity contribution in [2.75, 3.05) is 0 Å². The van der Waals surface area contributed by atoms with E-state index >= 15 is 0 Å². The van der Waals surface area contributed by atoms with E-state index in [2.05, 4.69) is 6.58 Å². The molecule has 0 aromatic heterocycles. The third kappa shape index (κ3) is 1.54. The Kier molecular flexibility index (Phi) is 2.53. The van der Waals surface area contributed by atoms with Gasteiger partial charge in [0.15, 0.2) is 0 Å². The normalized spacial score (nSPS) is 37.9. The number of hydrogen-bond acceptors (Lipinski definition) is 2. The molecule has 0 heterocycles. The summed E-state index contributed by atoms with van der Waals surface area (Å²) in [4.78, 5) is 22.9. The van der Waals surface area contributed by atoms with Crippen LogP contribution in [0.1, 0.15) is 32.1 Å². The summed E-state index contributed by atoms with van der Waals surface area (Å²) < 4.78 is 0. The second-order valence-corrected chi connectivity index (χ2v) is 4.47. The van der Waals surface area contributed by atoms with Gasteiger partial charge in [0.25, 0.3) is 0 Å². The number of allylic oxidation sites excluding steroid dienone is 1. The van der Waals surface area contributed by atoms with Crippen molar-refractivity contribution >= 4 is 11.6 Å². The lowest BCUT2D eigenvalue weighted by atomic mass is 9.65. The summed E-state index contributed by atoms with van der Waals surface area (Å²) in [5, 5.41) is 0. The Labute approximate surface area is 84.4 Å². The third-order valence-electron chi connectivity index (χ3n) is 3.71. The van der Waals surface area contributed by atoms with Crippen molar-refractivity contribution in [3.8, 4) is 0 Å². The molecule has 0 bridgehead atoms. The van der Waals surface area contributed by atoms with Gasteiger partial charge < -0.3 is 0 Å². The number of ketones is 2. The van der Waals surface area contributed by atoms with Gasteiger partial charge in [0, 0.05) is 25.2 Å². The molecule has 0 N–H and O–H groups in total. The number of hydrogen-bond donors (Lipinski definition) is 0. The van der Waals surface area contributed by atoms with Gasteiger partial charge in [-0.1, -0.05) is 6.08 Å². The van der Waals surface area contributed by atoms with Crippen molar-refractivity contribution in [3.05, 3.63) is 12.7 Å². The van der Waals surface area contributed by atoms with Crippen LogP contribution in [-0.4, -0.2) is 11.6 Å². The Balaban J connectivity index is 2.18. The molecule has 3 atom stereocenters. The standard InChI is InChI=1S/C12H16O2/c1-2-10-11-7-9(13)5-3-8(11)4-6-12(10)14/h2,8,10-11H,1,3-7H2. The van der Waals surface area contributed by atoms with E-state index in [-0.39, 0.29) is 17.6 Å². The van der Waals surface area contributed by atoms with Gasteiger partial charge in [-0.25, -0.2) is 0 Å². The van der Waals surface area contributed by atoms with Gasteiger partial charge >= 0.3 is 0 Å². The molecule has 2 saturated carbocycles. The smallest absolute Gasteiger partial charge is 0.140 e. The molecular weight excluding hydrogens is 176 g/mol. The first-order chi connectivity index (χ1) is 6.72. The molecule has 2 aliphatic carbocycles. The van der Waals surface area contributed by atoms with Crippen molar-refractivity contribution in [1.82, 2.24) is 0 Å². The molecule has 0 spiro atoms. The highest BCUT2D eigenvalue weighted by molar-refractivity contribution is 5.86. The predicted octanol–water partition coefficient (Wildman–Crippen LogP) is 2.14. The Morgan fingerprint density at radius 2 is 1.93 bits per heavy atom. The van der Waals surface area contributed by atoms with E-state index < -0.39 is 0 Å². The average Bonchev–Trinajstić information content (AvgIpc) is 2.17. The summed E-state index contributed by atoms with van der Waals surface area (Å²) >= 11 is 0. The maximum atomic E-state index is 11.6. The molecule has 0 amide bonds. The fourth-order valence-electron chi connectivity index (χ4n) is 2.91. The minimum atomic E-state index is -0.0435. The molecule has 2 rings (SSSR count). The van der Waals surface area contributed by atoms with Crippen LogP contribution < -0.4 is 0 Å². The maximum Gasteiger partial charge on any atom is 0.140 e. The van der Waals surface area contributed by atoms with E-state index in [0.717, 1.165) is 19.3 Å². The van der Waals surface area contributed by atoms with Crippen LogP contribution in [0, 0.1) is 17.8 Å². The van der Waals surface area contributed by atoms with E-state index in [0.29, 0.717) is 24.5 Å². The molecule has 0 aromatic rings. The van der Waals surface area contributed by atoms with E-state index in [1.165, 1.54) is 0 Å². The Bertz CT molecular complexity index is 278. The second-order valence-electron chi connectivity index (χ2n) is 4.47. The van der Waals surface area contributed by atoms with Crippen LogP contribution in [0.2, 0.25) is 0 Å². The van der Waals surface area contributed by atoms with Crippen molar-refractivity contribution in [1.29, 1.82) is 0 Å². The molecular formula is C12H16O2. The highest BCUT2D eigenvalue weighted by Gasteiger charge is 2.40. The van der Waals surface area contributed by atoms with Gasteiger partial charge in [-0.3, -0.25) is 9.59 Å². The maximum absolute atomic E-state index is 11.6. The Morgan fingerprint density at radius 3 is 2.64 bits per heavy atom. The molecule has 0 radical (unpaired) electrons. The number of Topliss-reactive ketones (excluding diaryl/α,β-unsaturated/α-hetero) is 2. The van der Waals surface area contributed by atoms with E-state index in [1.54, 1.807) is 6.08 Å². The van der Waals surface area contributed by atoms with Crippen molar-refractivity contribution in [3.63, 3.8) is 0 Å². The summed E-state index contributed by atoms with van der Waals surface area (Å²) in [6, 6.07) is 0. The van der Waals surface area contributed by atoms with Gasteiger partial charge in [-0.15, -0.1) is 6.58 Å². The van der Waals surface area contributed by atoms with Crippen LogP contribution in [0.25, 0.3) is 0 Å². The third-order valence-corrected chi connectivity index (χ3v) is 3.71. The van der Waals surface area contributed by atoms with Gasteiger partial charge in [0.1, 0.15) is 11.6 Å². The Morgan fingerprint density at radius 1 is 1.21 bits per heavy atom. The molecule has 0 aromatic carbocycles. The molecule has 76 valence electrons. The molecule has 3 unspecified atom stereocenters. The summed E-state index contributed by atoms with van der Waals surface area (Å²) in [5.74, 6) is 1.44. The van der Waals surface area contributed by atoms with Crippen molar-refractivity contribution in [2.24, 2.45) is 17.8 Å². The molecule has 2 aliphatic rings. The fraction of sp³-hybridized carbons (Fsp3) is 0.667. The lowest BCUT2D eigenvalue weighted by Crippen LogP contribution is -2.38. The predicted molar refractivity (Wildman–Crippen MR) is 53.8 cm³/mol. The van der Waals surface area contributed by atoms with Crippen molar-refractivity contribution < 1.29 is 9.59 Å². The SMILES string of the molecule is C=CC1C(=O)CCC2CCC(=O)CC21. The van der Waals surface area contributed by atoms with Crippen LogP contribution in [0.15, 0.2) is 12.7 Å². The number of carbonyl (C=O) groups is 2. The lowest BCUT2D eigenvalue weighted by molar-refractivity contribution is -0.131. The van der Waals surface area contributed by atoms with Crippen LogP contribution in [0.4, 0.5) is 0 Å². The summed E-state index contributed by atoms with van der Waals surface area (Å²) in [7, 11) is 0. The van der Waals surface area contributed by atoms with E-state index in [1.807, 2.05) is 0 Å². The van der Waals surface area contributed by atoms with Crippen LogP contribution in [0.3, 0.4) is 0 Å². The van der Waals surface area contributed by atoms with E-state index in [4.69, 9.17) is 0 Å². The molecule has 0 aliphatic heterocycles. The van der Waals surface area contributed by atoms with Crippen LogP contribution in [0.5, 0.6) is 0 Å². The summed E-state index contributed by atoms with van der Waals surface area (Å²) in [5.41, 5.74) is 0. The van der Waals surface area contributed by atoms with Crippen LogP contribution >= 0.6 is 0 Å². The van der Waals surface area contributed by atoms with Crippen molar-refractivity contribution in [2.45, 2.75) is 32.1 Å². The average molecular weight is 192 g/mol. The lowest BCUT2D eigenvalue weighted by Gasteiger charge is -2.38. The quantitative estimate of drug-likeness (QED) is 0.596. The minimum Gasteiger partial charge on any atom is -0.300 e. The topological polar surface area (TPSA) is 34.1 Å². The Hall–Kier alpha value is -0.920. The second kappa shape index (κ2) is 3.68. The first kappa shape index (κ1) is 9.63. The first-order valence-electron chi connectivity index (χ1n) is 5.39. The molecule has 2 heteroatoms. The van der Waals surface area contributed by atoms with Gasteiger partial charge in [-0.05, 0) is 24.7 Å². The zero-order chi connectivity index (χ0) is 10.1. The van der Waals surface area contributed by atoms with E-state index in [9.17, 15) is 9.59 Å². The number of rotatable bonds is 1. The monoisotopic (exact) mass is 192 g/mol. The zero-order valence-electron chi connectivity index (χ0n) is 8.37. The minimum absolute atomic E-state index is 0.0435. The van der Waals surface area contributed by atoms with Gasteiger partial charge in [0.2, 0.25) is 0 Å².